The van der Waals surface area contributed by atoms with E-state index in [0.717, 1.165) is 55.5 Å². The van der Waals surface area contributed by atoms with Crippen LogP contribution in [0.4, 0.5) is 0 Å². The van der Waals surface area contributed by atoms with Gasteiger partial charge in [-0.05, 0) is 104 Å². The van der Waals surface area contributed by atoms with Crippen molar-refractivity contribution in [1.29, 1.82) is 0 Å². The fourth-order valence-corrected chi connectivity index (χ4v) is 12.2. The summed E-state index contributed by atoms with van der Waals surface area (Å²) in [5.74, 6) is 1.67. The highest BCUT2D eigenvalue weighted by Gasteiger charge is 2.77. The minimum absolute atomic E-state index is 0.172. The van der Waals surface area contributed by atoms with Crippen molar-refractivity contribution in [3.05, 3.63) is 142 Å². The summed E-state index contributed by atoms with van der Waals surface area (Å²) in [6.07, 6.45) is -1.05. The number of rotatable bonds is 14. The van der Waals surface area contributed by atoms with E-state index in [1.54, 1.807) is 39.5 Å². The molecule has 0 saturated carbocycles. The molecule has 0 N–H and O–H groups in total. The first kappa shape index (κ1) is 39.8. The first-order valence-corrected chi connectivity index (χ1v) is 21.6. The van der Waals surface area contributed by atoms with E-state index in [-0.39, 0.29) is 19.1 Å². The van der Waals surface area contributed by atoms with Crippen molar-refractivity contribution < 1.29 is 38.0 Å². The van der Waals surface area contributed by atoms with E-state index in [1.807, 2.05) is 61.2 Å². The lowest BCUT2D eigenvalue weighted by atomic mass is 9.73. The zero-order valence-electron chi connectivity index (χ0n) is 33.7. The molecule has 2 heterocycles. The van der Waals surface area contributed by atoms with Gasteiger partial charge in [-0.25, -0.2) is 9.59 Å². The molecule has 0 bridgehead atoms. The van der Waals surface area contributed by atoms with Gasteiger partial charge in [0.05, 0.1) is 32.5 Å². The van der Waals surface area contributed by atoms with Crippen molar-refractivity contribution in [1.82, 2.24) is 0 Å². The standard InChI is InChI=1S/C48H48O8S2/c1-7-51-45(49)31(5)55-40-26-35-25-29(3)47(41(35)30(4)42(40)56-32(6)46(50)52-8-2)48(58-47)36-21-15-23-38(53-27-33-17-11-9-12-18-33)43(36)57-44-37(48)22-16-24-39(44)54-28-34-19-13-10-14-20-34/h9-24,26,29,31-32H,7-8,25,27-28H2,1-6H3/t29?,31-,32-,47?/m1/s1. The Morgan fingerprint density at radius 2 is 1.22 bits per heavy atom. The molecule has 58 heavy (non-hydrogen) atoms. The number of hydrogen-bond donors (Lipinski definition) is 0. The Kier molecular flexibility index (Phi) is 11.2. The van der Waals surface area contributed by atoms with Crippen LogP contribution in [0.2, 0.25) is 0 Å². The molecule has 5 aromatic carbocycles. The number of carbonyl (C=O) groups is 2. The van der Waals surface area contributed by atoms with Gasteiger partial charge in [-0.15, -0.1) is 11.8 Å². The maximum atomic E-state index is 13.0. The van der Waals surface area contributed by atoms with Gasteiger partial charge in [0, 0.05) is 0 Å². The van der Waals surface area contributed by atoms with Crippen LogP contribution in [0.1, 0.15) is 73.6 Å². The molecular weight excluding hydrogens is 769 g/mol. The number of benzene rings is 5. The van der Waals surface area contributed by atoms with Gasteiger partial charge < -0.3 is 28.4 Å². The Labute approximate surface area is 348 Å². The quantitative estimate of drug-likeness (QED) is 0.0797. The van der Waals surface area contributed by atoms with E-state index >= 15 is 0 Å². The number of thioether (sulfide) groups is 1. The van der Waals surface area contributed by atoms with Gasteiger partial charge in [0.1, 0.15) is 24.7 Å². The lowest BCUT2D eigenvalue weighted by Gasteiger charge is -2.34. The van der Waals surface area contributed by atoms with Crippen LogP contribution in [0.25, 0.3) is 0 Å². The lowest BCUT2D eigenvalue weighted by Crippen LogP contribution is -2.31. The summed E-state index contributed by atoms with van der Waals surface area (Å²) in [5, 5.41) is 0. The molecule has 3 aliphatic rings. The SMILES string of the molecule is CCOC(=O)[C@@H](C)Oc1cc2c(c(C)c1O[C@H](C)C(=O)OCC)C1(SC13c1cccc(OCc4ccccc4)c1Sc1c(OCc4ccccc4)cccc13)C(C)C2. The van der Waals surface area contributed by atoms with Crippen LogP contribution in [-0.2, 0) is 48.2 Å². The zero-order valence-corrected chi connectivity index (χ0v) is 35.3. The second kappa shape index (κ2) is 16.3. The number of fused-ring (bicyclic) bond motifs is 7. The van der Waals surface area contributed by atoms with Gasteiger partial charge in [-0.1, -0.05) is 104 Å². The highest BCUT2D eigenvalue weighted by Crippen LogP contribution is 2.86. The molecular formula is C48H48O8S2. The van der Waals surface area contributed by atoms with Crippen molar-refractivity contribution in [2.24, 2.45) is 5.92 Å². The van der Waals surface area contributed by atoms with E-state index in [1.165, 1.54) is 11.1 Å². The monoisotopic (exact) mass is 816 g/mol. The Balaban J connectivity index is 1.28. The molecule has 4 atom stereocenters. The fourth-order valence-electron chi connectivity index (χ4n) is 8.59. The summed E-state index contributed by atoms with van der Waals surface area (Å²) in [4.78, 5) is 27.9. The van der Waals surface area contributed by atoms with Crippen molar-refractivity contribution in [2.75, 3.05) is 13.2 Å². The Morgan fingerprint density at radius 3 is 1.74 bits per heavy atom. The maximum Gasteiger partial charge on any atom is 0.347 e. The molecule has 5 aromatic rings. The molecule has 8 nitrogen and oxygen atoms in total. The van der Waals surface area contributed by atoms with Gasteiger partial charge in [-0.2, -0.15) is 0 Å². The zero-order chi connectivity index (χ0) is 40.6. The predicted octanol–water partition coefficient (Wildman–Crippen LogP) is 10.4. The van der Waals surface area contributed by atoms with E-state index in [2.05, 4.69) is 67.6 Å². The molecule has 1 aliphatic carbocycles. The smallest absolute Gasteiger partial charge is 0.347 e. The lowest BCUT2D eigenvalue weighted by molar-refractivity contribution is -0.152. The molecule has 0 radical (unpaired) electrons. The van der Waals surface area contributed by atoms with Crippen LogP contribution in [0.5, 0.6) is 23.0 Å². The largest absolute Gasteiger partial charge is 0.488 e. The van der Waals surface area contributed by atoms with Crippen molar-refractivity contribution in [2.45, 2.75) is 92.7 Å². The fraction of sp³-hybridized carbons (Fsp3) is 0.333. The molecule has 0 amide bonds. The van der Waals surface area contributed by atoms with Crippen LogP contribution < -0.4 is 18.9 Å². The van der Waals surface area contributed by atoms with Crippen molar-refractivity contribution in [3.63, 3.8) is 0 Å². The number of carbonyl (C=O) groups excluding carboxylic acids is 2. The molecule has 2 spiro atoms. The molecule has 0 aromatic heterocycles. The van der Waals surface area contributed by atoms with Crippen LogP contribution >= 0.6 is 23.5 Å². The Bertz CT molecular complexity index is 2240. The van der Waals surface area contributed by atoms with Gasteiger partial charge in [0.2, 0.25) is 0 Å². The summed E-state index contributed by atoms with van der Waals surface area (Å²) in [6.45, 7) is 12.6. The molecule has 1 fully saturated rings. The molecule has 8 rings (SSSR count). The average molecular weight is 817 g/mol. The summed E-state index contributed by atoms with van der Waals surface area (Å²) in [6, 6.07) is 35.3. The second-order valence-corrected chi connectivity index (χ2v) is 17.4. The predicted molar refractivity (Wildman–Crippen MR) is 226 cm³/mol. The number of esters is 2. The van der Waals surface area contributed by atoms with Crippen molar-refractivity contribution in [3.8, 4) is 23.0 Å². The summed E-state index contributed by atoms with van der Waals surface area (Å²) < 4.78 is 35.9. The first-order chi connectivity index (χ1) is 28.1. The Morgan fingerprint density at radius 1 is 0.707 bits per heavy atom. The van der Waals surface area contributed by atoms with Gasteiger partial charge in [0.15, 0.2) is 23.7 Å². The minimum atomic E-state index is -0.922. The van der Waals surface area contributed by atoms with Crippen LogP contribution in [0.3, 0.4) is 0 Å². The van der Waals surface area contributed by atoms with Crippen molar-refractivity contribution >= 4 is 35.5 Å². The second-order valence-electron chi connectivity index (χ2n) is 14.9. The van der Waals surface area contributed by atoms with E-state index in [9.17, 15) is 9.59 Å². The summed E-state index contributed by atoms with van der Waals surface area (Å²) in [7, 11) is 0. The Hall–Kier alpha value is -5.06. The van der Waals surface area contributed by atoms with Gasteiger partial charge in [-0.3, -0.25) is 0 Å². The normalized spacial score (nSPS) is 19.0. The number of hydrogen-bond acceptors (Lipinski definition) is 10. The third-order valence-electron chi connectivity index (χ3n) is 11.2. The van der Waals surface area contributed by atoms with Crippen LogP contribution in [0.15, 0.2) is 113 Å². The summed E-state index contributed by atoms with van der Waals surface area (Å²) >= 11 is 3.66. The minimum Gasteiger partial charge on any atom is -0.488 e. The van der Waals surface area contributed by atoms with Crippen LogP contribution in [0, 0.1) is 12.8 Å². The third kappa shape index (κ3) is 6.87. The van der Waals surface area contributed by atoms with Crippen LogP contribution in [-0.4, -0.2) is 37.4 Å². The van der Waals surface area contributed by atoms with E-state index in [0.29, 0.717) is 24.7 Å². The highest BCUT2D eigenvalue weighted by atomic mass is 32.2. The maximum absolute atomic E-state index is 13.0. The topological polar surface area (TPSA) is 89.5 Å². The molecule has 10 heteroatoms. The third-order valence-corrected chi connectivity index (χ3v) is 14.5. The molecule has 300 valence electrons. The average Bonchev–Trinajstić information content (AvgIpc) is 3.83. The molecule has 2 unspecified atom stereocenters. The van der Waals surface area contributed by atoms with Gasteiger partial charge in [0.25, 0.3) is 0 Å². The summed E-state index contributed by atoms with van der Waals surface area (Å²) in [5.41, 5.74) is 7.70. The molecule has 1 saturated heterocycles. The van der Waals surface area contributed by atoms with E-state index in [4.69, 9.17) is 28.4 Å². The number of ether oxygens (including phenoxy) is 6. The molecule has 2 aliphatic heterocycles. The highest BCUT2D eigenvalue weighted by molar-refractivity contribution is 8.09. The van der Waals surface area contributed by atoms with Gasteiger partial charge >= 0.3 is 11.9 Å². The first-order valence-electron chi connectivity index (χ1n) is 19.9. The van der Waals surface area contributed by atoms with E-state index < -0.39 is 33.6 Å².